The standard InChI is InChI=1S/C16H12N6O4S/c17-9-12-1-5-14(6-2-12)22(21-10-19-20-11-21)16(23)13-3-7-15(8-4-13)26-27(18,24)25/h1-8,10-11H,(H2,18,24,25). The highest BCUT2D eigenvalue weighted by atomic mass is 32.2. The molecule has 0 saturated carbocycles. The van der Waals surface area contributed by atoms with E-state index in [2.05, 4.69) is 14.4 Å². The Hall–Kier alpha value is -3.75. The van der Waals surface area contributed by atoms with Crippen molar-refractivity contribution >= 4 is 21.9 Å². The van der Waals surface area contributed by atoms with Crippen molar-refractivity contribution in [2.75, 3.05) is 5.01 Å². The Morgan fingerprint density at radius 2 is 1.67 bits per heavy atom. The Balaban J connectivity index is 1.95. The molecule has 0 atom stereocenters. The van der Waals surface area contributed by atoms with Crippen molar-refractivity contribution in [2.45, 2.75) is 0 Å². The van der Waals surface area contributed by atoms with Gasteiger partial charge in [-0.05, 0) is 48.5 Å². The lowest BCUT2D eigenvalue weighted by Gasteiger charge is -2.22. The van der Waals surface area contributed by atoms with E-state index in [0.29, 0.717) is 11.3 Å². The first-order valence-electron chi connectivity index (χ1n) is 7.39. The fourth-order valence-electron chi connectivity index (χ4n) is 2.24. The van der Waals surface area contributed by atoms with Gasteiger partial charge in [0.2, 0.25) is 0 Å². The topological polar surface area (TPSA) is 144 Å². The molecule has 3 aromatic rings. The van der Waals surface area contributed by atoms with Gasteiger partial charge in [0.15, 0.2) is 0 Å². The minimum absolute atomic E-state index is 0.0247. The fourth-order valence-corrected chi connectivity index (χ4v) is 2.62. The summed E-state index contributed by atoms with van der Waals surface area (Å²) in [5.41, 5.74) is 1.16. The number of nitrogens with zero attached hydrogens (tertiary/aromatic N) is 5. The number of anilines is 1. The van der Waals surface area contributed by atoms with Crippen molar-refractivity contribution in [1.29, 1.82) is 5.26 Å². The van der Waals surface area contributed by atoms with Crippen LogP contribution in [0.25, 0.3) is 0 Å². The molecule has 27 heavy (non-hydrogen) atoms. The van der Waals surface area contributed by atoms with E-state index < -0.39 is 16.2 Å². The van der Waals surface area contributed by atoms with Crippen LogP contribution in [0.15, 0.2) is 61.2 Å². The van der Waals surface area contributed by atoms with Gasteiger partial charge in [0, 0.05) is 5.56 Å². The second-order valence-corrected chi connectivity index (χ2v) is 6.37. The summed E-state index contributed by atoms with van der Waals surface area (Å²) < 4.78 is 27.8. The molecular formula is C16H12N6O4S. The molecule has 11 heteroatoms. The summed E-state index contributed by atoms with van der Waals surface area (Å²) in [6.07, 6.45) is 2.68. The molecule has 0 fully saturated rings. The Kier molecular flexibility index (Phi) is 4.84. The molecule has 2 aromatic carbocycles. The molecule has 1 heterocycles. The van der Waals surface area contributed by atoms with Crippen LogP contribution >= 0.6 is 0 Å². The molecule has 0 aliphatic rings. The van der Waals surface area contributed by atoms with Crippen LogP contribution in [0.4, 0.5) is 5.69 Å². The maximum absolute atomic E-state index is 13.0. The van der Waals surface area contributed by atoms with E-state index >= 15 is 0 Å². The number of benzene rings is 2. The number of nitrogens with two attached hydrogens (primary N) is 1. The van der Waals surface area contributed by atoms with E-state index in [1.165, 1.54) is 46.6 Å². The number of amides is 1. The third kappa shape index (κ3) is 4.27. The van der Waals surface area contributed by atoms with Crippen LogP contribution in [0.2, 0.25) is 0 Å². The summed E-state index contributed by atoms with van der Waals surface area (Å²) >= 11 is 0. The highest BCUT2D eigenvalue weighted by Gasteiger charge is 2.20. The number of nitriles is 1. The van der Waals surface area contributed by atoms with Gasteiger partial charge in [0.1, 0.15) is 18.4 Å². The predicted octanol–water partition coefficient (Wildman–Crippen LogP) is 0.842. The quantitative estimate of drug-likeness (QED) is 0.686. The first-order chi connectivity index (χ1) is 12.9. The molecule has 136 valence electrons. The number of carbonyl (C=O) groups excluding carboxylic acids is 1. The van der Waals surface area contributed by atoms with Gasteiger partial charge in [-0.15, -0.1) is 10.2 Å². The summed E-state index contributed by atoms with van der Waals surface area (Å²) in [5, 5.41) is 22.4. The first kappa shape index (κ1) is 18.1. The lowest BCUT2D eigenvalue weighted by molar-refractivity contribution is 0.0976. The summed E-state index contributed by atoms with van der Waals surface area (Å²) in [6.45, 7) is 0. The lowest BCUT2D eigenvalue weighted by Crippen LogP contribution is -2.35. The Bertz CT molecular complexity index is 1090. The summed E-state index contributed by atoms with van der Waals surface area (Å²) in [5.74, 6) is -0.468. The number of hydrogen-bond acceptors (Lipinski definition) is 7. The Labute approximate surface area is 154 Å². The molecule has 0 saturated heterocycles. The fraction of sp³-hybridized carbons (Fsp3) is 0. The van der Waals surface area contributed by atoms with E-state index in [0.717, 1.165) is 0 Å². The molecule has 2 N–H and O–H groups in total. The van der Waals surface area contributed by atoms with Crippen LogP contribution in [0.1, 0.15) is 15.9 Å². The Morgan fingerprint density at radius 3 is 2.19 bits per heavy atom. The van der Waals surface area contributed by atoms with Gasteiger partial charge in [-0.2, -0.15) is 18.8 Å². The number of carbonyl (C=O) groups is 1. The van der Waals surface area contributed by atoms with Crippen molar-refractivity contribution in [1.82, 2.24) is 14.9 Å². The van der Waals surface area contributed by atoms with Gasteiger partial charge in [-0.3, -0.25) is 4.79 Å². The van der Waals surface area contributed by atoms with Crippen LogP contribution in [0.3, 0.4) is 0 Å². The lowest BCUT2D eigenvalue weighted by atomic mass is 10.1. The van der Waals surface area contributed by atoms with Crippen molar-refractivity contribution < 1.29 is 17.4 Å². The molecule has 0 radical (unpaired) electrons. The third-order valence-corrected chi connectivity index (χ3v) is 3.81. The minimum Gasteiger partial charge on any atom is -0.371 e. The molecule has 1 aromatic heterocycles. The molecule has 0 spiro atoms. The molecular weight excluding hydrogens is 372 g/mol. The Morgan fingerprint density at radius 1 is 1.07 bits per heavy atom. The zero-order valence-corrected chi connectivity index (χ0v) is 14.4. The average Bonchev–Trinajstić information content (AvgIpc) is 3.16. The zero-order valence-electron chi connectivity index (χ0n) is 13.6. The maximum Gasteiger partial charge on any atom is 0.380 e. The number of rotatable bonds is 5. The molecule has 10 nitrogen and oxygen atoms in total. The largest absolute Gasteiger partial charge is 0.380 e. The number of hydrogen-bond donors (Lipinski definition) is 1. The van der Waals surface area contributed by atoms with Crippen LogP contribution < -0.4 is 14.3 Å². The summed E-state index contributed by atoms with van der Waals surface area (Å²) in [7, 11) is -4.15. The van der Waals surface area contributed by atoms with Crippen molar-refractivity contribution in [2.24, 2.45) is 5.14 Å². The second kappa shape index (κ2) is 7.24. The smallest absolute Gasteiger partial charge is 0.371 e. The van der Waals surface area contributed by atoms with Gasteiger partial charge >= 0.3 is 10.3 Å². The van der Waals surface area contributed by atoms with Crippen molar-refractivity contribution in [3.05, 3.63) is 72.3 Å². The van der Waals surface area contributed by atoms with Gasteiger partial charge in [-0.1, -0.05) is 0 Å². The van der Waals surface area contributed by atoms with E-state index in [-0.39, 0.29) is 11.3 Å². The van der Waals surface area contributed by atoms with Crippen molar-refractivity contribution in [3.8, 4) is 11.8 Å². The predicted molar refractivity (Wildman–Crippen MR) is 93.6 cm³/mol. The van der Waals surface area contributed by atoms with E-state index in [9.17, 15) is 13.2 Å². The van der Waals surface area contributed by atoms with Crippen LogP contribution in [0, 0.1) is 11.3 Å². The second-order valence-electron chi connectivity index (χ2n) is 5.22. The molecule has 0 aliphatic heterocycles. The van der Waals surface area contributed by atoms with E-state index in [1.807, 2.05) is 6.07 Å². The molecule has 3 rings (SSSR count). The normalized spacial score (nSPS) is 10.8. The monoisotopic (exact) mass is 384 g/mol. The van der Waals surface area contributed by atoms with Crippen molar-refractivity contribution in [3.63, 3.8) is 0 Å². The SMILES string of the molecule is N#Cc1ccc(N(C(=O)c2ccc(OS(N)(=O)=O)cc2)n2cnnc2)cc1. The van der Waals surface area contributed by atoms with Gasteiger partial charge in [-0.25, -0.2) is 9.69 Å². The van der Waals surface area contributed by atoms with Gasteiger partial charge < -0.3 is 4.18 Å². The summed E-state index contributed by atoms with van der Waals surface area (Å²) in [4.78, 5) is 13.0. The molecule has 1 amide bonds. The average molecular weight is 384 g/mol. The van der Waals surface area contributed by atoms with E-state index in [1.54, 1.807) is 24.3 Å². The van der Waals surface area contributed by atoms with Gasteiger partial charge in [0.05, 0.1) is 17.3 Å². The van der Waals surface area contributed by atoms with E-state index in [4.69, 9.17) is 10.4 Å². The number of aromatic nitrogens is 3. The zero-order chi connectivity index (χ0) is 19.4. The minimum atomic E-state index is -4.15. The summed E-state index contributed by atoms with van der Waals surface area (Å²) in [6, 6.07) is 13.8. The maximum atomic E-state index is 13.0. The van der Waals surface area contributed by atoms with Crippen LogP contribution in [-0.2, 0) is 10.3 Å². The van der Waals surface area contributed by atoms with Crippen LogP contribution in [0.5, 0.6) is 5.75 Å². The third-order valence-electron chi connectivity index (χ3n) is 3.38. The molecule has 0 unspecified atom stereocenters. The molecule has 0 aliphatic carbocycles. The molecule has 0 bridgehead atoms. The highest BCUT2D eigenvalue weighted by Crippen LogP contribution is 2.21. The van der Waals surface area contributed by atoms with Gasteiger partial charge in [0.25, 0.3) is 5.91 Å². The van der Waals surface area contributed by atoms with Crippen LogP contribution in [-0.4, -0.2) is 29.2 Å². The first-order valence-corrected chi connectivity index (χ1v) is 8.86. The highest BCUT2D eigenvalue weighted by molar-refractivity contribution is 7.84.